The van der Waals surface area contributed by atoms with Crippen LogP contribution >= 0.6 is 0 Å². The highest BCUT2D eigenvalue weighted by Crippen LogP contribution is 2.23. The number of anilines is 1. The Labute approximate surface area is 73.3 Å². The Bertz CT molecular complexity index is 286. The molecule has 0 spiro atoms. The van der Waals surface area contributed by atoms with Crippen LogP contribution in [0.4, 0.5) is 11.4 Å². The SMILES string of the molecule is CNc1ccccc1N=C(C)C. The lowest BCUT2D eigenvalue weighted by Gasteiger charge is -2.03. The maximum absolute atomic E-state index is 4.38. The number of nitrogens with one attached hydrogen (secondary N) is 1. The summed E-state index contributed by atoms with van der Waals surface area (Å²) >= 11 is 0. The standard InChI is InChI=1S/C10H14N2/c1-8(2)12-10-7-5-4-6-9(10)11-3/h4-7,11H,1-3H3. The van der Waals surface area contributed by atoms with Gasteiger partial charge in [0.2, 0.25) is 0 Å². The molecule has 0 aromatic heterocycles. The predicted molar refractivity (Wildman–Crippen MR) is 54.4 cm³/mol. The molecule has 0 aliphatic carbocycles. The summed E-state index contributed by atoms with van der Waals surface area (Å²) in [5.41, 5.74) is 3.14. The summed E-state index contributed by atoms with van der Waals surface area (Å²) in [5, 5.41) is 3.09. The van der Waals surface area contributed by atoms with E-state index < -0.39 is 0 Å². The van der Waals surface area contributed by atoms with Gasteiger partial charge in [-0.2, -0.15) is 0 Å². The van der Waals surface area contributed by atoms with Crippen LogP contribution in [-0.4, -0.2) is 12.8 Å². The highest BCUT2D eigenvalue weighted by molar-refractivity contribution is 5.84. The summed E-state index contributed by atoms with van der Waals surface area (Å²) in [6, 6.07) is 8.00. The van der Waals surface area contributed by atoms with Crippen molar-refractivity contribution < 1.29 is 0 Å². The van der Waals surface area contributed by atoms with Gasteiger partial charge in [-0.15, -0.1) is 0 Å². The molecule has 0 aliphatic heterocycles. The molecule has 1 rings (SSSR count). The third-order valence-corrected chi connectivity index (χ3v) is 1.52. The molecule has 0 aliphatic rings. The molecule has 0 atom stereocenters. The molecular formula is C10H14N2. The molecule has 0 unspecified atom stereocenters. The maximum atomic E-state index is 4.38. The minimum atomic E-state index is 1.00. The van der Waals surface area contributed by atoms with Gasteiger partial charge in [-0.1, -0.05) is 12.1 Å². The monoisotopic (exact) mass is 162 g/mol. The molecule has 0 saturated heterocycles. The van der Waals surface area contributed by atoms with Gasteiger partial charge >= 0.3 is 0 Å². The van der Waals surface area contributed by atoms with Crippen LogP contribution < -0.4 is 5.32 Å². The fourth-order valence-electron chi connectivity index (χ4n) is 1.02. The molecule has 0 fully saturated rings. The molecule has 0 radical (unpaired) electrons. The average molecular weight is 162 g/mol. The lowest BCUT2D eigenvalue weighted by molar-refractivity contribution is 1.43. The Balaban J connectivity index is 3.05. The topological polar surface area (TPSA) is 24.4 Å². The average Bonchev–Trinajstić information content (AvgIpc) is 2.04. The van der Waals surface area contributed by atoms with E-state index in [0.29, 0.717) is 0 Å². The Morgan fingerprint density at radius 2 is 1.92 bits per heavy atom. The van der Waals surface area contributed by atoms with E-state index in [4.69, 9.17) is 0 Å². The van der Waals surface area contributed by atoms with Crippen LogP contribution in [0, 0.1) is 0 Å². The summed E-state index contributed by atoms with van der Waals surface area (Å²) in [6.07, 6.45) is 0. The number of rotatable bonds is 2. The van der Waals surface area contributed by atoms with Crippen molar-refractivity contribution in [1.29, 1.82) is 0 Å². The highest BCUT2D eigenvalue weighted by atomic mass is 14.9. The van der Waals surface area contributed by atoms with Crippen LogP contribution in [0.1, 0.15) is 13.8 Å². The van der Waals surface area contributed by atoms with Crippen LogP contribution in [0.5, 0.6) is 0 Å². The number of benzene rings is 1. The fraction of sp³-hybridized carbons (Fsp3) is 0.300. The Hall–Kier alpha value is -1.31. The molecule has 64 valence electrons. The first-order chi connectivity index (χ1) is 5.74. The Kier molecular flexibility index (Phi) is 2.86. The lowest BCUT2D eigenvalue weighted by atomic mass is 10.2. The van der Waals surface area contributed by atoms with E-state index in [9.17, 15) is 0 Å². The Morgan fingerprint density at radius 3 is 2.50 bits per heavy atom. The van der Waals surface area contributed by atoms with E-state index in [-0.39, 0.29) is 0 Å². The van der Waals surface area contributed by atoms with E-state index in [1.807, 2.05) is 45.2 Å². The van der Waals surface area contributed by atoms with Crippen LogP contribution in [0.2, 0.25) is 0 Å². The highest BCUT2D eigenvalue weighted by Gasteiger charge is 1.95. The van der Waals surface area contributed by atoms with E-state index in [0.717, 1.165) is 17.1 Å². The first-order valence-electron chi connectivity index (χ1n) is 4.02. The first kappa shape index (κ1) is 8.78. The number of hydrogen-bond donors (Lipinski definition) is 1. The predicted octanol–water partition coefficient (Wildman–Crippen LogP) is 2.84. The largest absolute Gasteiger partial charge is 0.386 e. The molecule has 1 aromatic carbocycles. The van der Waals surface area contributed by atoms with Gasteiger partial charge in [0.25, 0.3) is 0 Å². The van der Waals surface area contributed by atoms with Gasteiger partial charge in [0.05, 0.1) is 11.4 Å². The van der Waals surface area contributed by atoms with Crippen molar-refractivity contribution in [2.75, 3.05) is 12.4 Å². The molecule has 2 nitrogen and oxygen atoms in total. The zero-order chi connectivity index (χ0) is 8.97. The van der Waals surface area contributed by atoms with Gasteiger partial charge in [-0.3, -0.25) is 4.99 Å². The second-order valence-electron chi connectivity index (χ2n) is 2.83. The molecule has 1 N–H and O–H groups in total. The summed E-state index contributed by atoms with van der Waals surface area (Å²) < 4.78 is 0. The van der Waals surface area contributed by atoms with Crippen molar-refractivity contribution in [1.82, 2.24) is 0 Å². The fourth-order valence-corrected chi connectivity index (χ4v) is 1.02. The molecule has 0 saturated carbocycles. The Morgan fingerprint density at radius 1 is 1.25 bits per heavy atom. The van der Waals surface area contributed by atoms with Crippen LogP contribution in [0.25, 0.3) is 0 Å². The van der Waals surface area contributed by atoms with Crippen LogP contribution in [0.15, 0.2) is 29.3 Å². The lowest BCUT2D eigenvalue weighted by Crippen LogP contribution is -1.88. The number of aliphatic imine (C=N–C) groups is 1. The van der Waals surface area contributed by atoms with Gasteiger partial charge < -0.3 is 5.32 Å². The van der Waals surface area contributed by atoms with Crippen molar-refractivity contribution in [2.45, 2.75) is 13.8 Å². The van der Waals surface area contributed by atoms with Crippen LogP contribution in [0.3, 0.4) is 0 Å². The maximum Gasteiger partial charge on any atom is 0.0859 e. The van der Waals surface area contributed by atoms with Crippen molar-refractivity contribution in [2.24, 2.45) is 4.99 Å². The molecular weight excluding hydrogens is 148 g/mol. The zero-order valence-electron chi connectivity index (χ0n) is 7.76. The molecule has 2 heteroatoms. The quantitative estimate of drug-likeness (QED) is 0.664. The van der Waals surface area contributed by atoms with Crippen LogP contribution in [-0.2, 0) is 0 Å². The second kappa shape index (κ2) is 3.90. The summed E-state index contributed by atoms with van der Waals surface area (Å²) in [7, 11) is 1.90. The van der Waals surface area contributed by atoms with Crippen molar-refractivity contribution in [3.8, 4) is 0 Å². The third-order valence-electron chi connectivity index (χ3n) is 1.52. The van der Waals surface area contributed by atoms with Crippen molar-refractivity contribution in [3.05, 3.63) is 24.3 Å². The first-order valence-corrected chi connectivity index (χ1v) is 4.02. The van der Waals surface area contributed by atoms with Gasteiger partial charge in [0.1, 0.15) is 0 Å². The zero-order valence-corrected chi connectivity index (χ0v) is 7.76. The van der Waals surface area contributed by atoms with Gasteiger partial charge in [0, 0.05) is 12.8 Å². The minimum Gasteiger partial charge on any atom is -0.386 e. The second-order valence-corrected chi connectivity index (χ2v) is 2.83. The number of hydrogen-bond acceptors (Lipinski definition) is 2. The smallest absolute Gasteiger partial charge is 0.0859 e. The number of para-hydroxylation sites is 2. The summed E-state index contributed by atoms with van der Waals surface area (Å²) in [4.78, 5) is 4.38. The molecule has 12 heavy (non-hydrogen) atoms. The summed E-state index contributed by atoms with van der Waals surface area (Å²) in [6.45, 7) is 3.98. The third kappa shape index (κ3) is 2.09. The van der Waals surface area contributed by atoms with E-state index >= 15 is 0 Å². The molecule has 0 heterocycles. The summed E-state index contributed by atoms with van der Waals surface area (Å²) in [5.74, 6) is 0. The number of nitrogens with zero attached hydrogens (tertiary/aromatic N) is 1. The minimum absolute atomic E-state index is 1.00. The van der Waals surface area contributed by atoms with Crippen molar-refractivity contribution >= 4 is 17.1 Å². The molecule has 0 bridgehead atoms. The normalized spacial score (nSPS) is 9.25. The molecule has 1 aromatic rings. The van der Waals surface area contributed by atoms with E-state index in [1.54, 1.807) is 0 Å². The van der Waals surface area contributed by atoms with Crippen molar-refractivity contribution in [3.63, 3.8) is 0 Å². The van der Waals surface area contributed by atoms with Gasteiger partial charge in [-0.05, 0) is 26.0 Å². The van der Waals surface area contributed by atoms with Gasteiger partial charge in [0.15, 0.2) is 0 Å². The van der Waals surface area contributed by atoms with E-state index in [1.165, 1.54) is 0 Å². The van der Waals surface area contributed by atoms with E-state index in [2.05, 4.69) is 10.3 Å². The van der Waals surface area contributed by atoms with Gasteiger partial charge in [-0.25, -0.2) is 0 Å². The molecule has 0 amide bonds.